The summed E-state index contributed by atoms with van der Waals surface area (Å²) in [6, 6.07) is 7.95. The molecule has 4 heteroatoms. The summed E-state index contributed by atoms with van der Waals surface area (Å²) in [5, 5.41) is 12.7. The molecule has 0 spiro atoms. The fraction of sp³-hybridized carbons (Fsp3) is 0.385. The fourth-order valence-corrected chi connectivity index (χ4v) is 1.90. The molecule has 0 saturated heterocycles. The predicted molar refractivity (Wildman–Crippen MR) is 72.6 cm³/mol. The van der Waals surface area contributed by atoms with Crippen LogP contribution < -0.4 is 5.32 Å². The molecule has 0 radical (unpaired) electrons. The van der Waals surface area contributed by atoms with E-state index in [1.54, 1.807) is 6.20 Å². The number of benzene rings is 1. The number of nitrogens with one attached hydrogen (secondary N) is 1. The normalized spacial score (nSPS) is 14.5. The molecule has 3 nitrogen and oxygen atoms in total. The van der Waals surface area contributed by atoms with E-state index in [2.05, 4.69) is 29.4 Å². The number of aromatic nitrogens is 2. The molecule has 2 rings (SSSR count). The molecule has 2 aromatic rings. The van der Waals surface area contributed by atoms with Crippen molar-refractivity contribution < 1.29 is 0 Å². The Morgan fingerprint density at radius 3 is 2.82 bits per heavy atom. The number of halogens is 1. The number of fused-ring (bicyclic) bond motifs is 1. The third-order valence-corrected chi connectivity index (χ3v) is 3.65. The lowest BCUT2D eigenvalue weighted by molar-refractivity contribution is 0.554. The van der Waals surface area contributed by atoms with Gasteiger partial charge in [0.2, 0.25) is 0 Å². The van der Waals surface area contributed by atoms with Gasteiger partial charge in [0.05, 0.1) is 17.4 Å². The molecule has 1 aromatic heterocycles. The van der Waals surface area contributed by atoms with Gasteiger partial charge in [0, 0.05) is 16.8 Å². The maximum atomic E-state index is 6.01. The standard InChI is InChI=1S/C13H16ClN3/c1-3-13(2,9-14)16-12-8-15-17-11-7-5-4-6-10(11)12/h4-8H,3,9H2,1-2H3,(H,16,17). The van der Waals surface area contributed by atoms with Gasteiger partial charge in [-0.3, -0.25) is 0 Å². The van der Waals surface area contributed by atoms with E-state index in [1.807, 2.05) is 24.3 Å². The Morgan fingerprint density at radius 1 is 1.35 bits per heavy atom. The Balaban J connectivity index is 2.42. The minimum Gasteiger partial charge on any atom is -0.377 e. The van der Waals surface area contributed by atoms with Gasteiger partial charge in [-0.25, -0.2) is 0 Å². The summed E-state index contributed by atoms with van der Waals surface area (Å²) in [7, 11) is 0. The maximum Gasteiger partial charge on any atom is 0.0950 e. The maximum absolute atomic E-state index is 6.01. The molecule has 1 N–H and O–H groups in total. The summed E-state index contributed by atoms with van der Waals surface area (Å²) < 4.78 is 0. The minimum atomic E-state index is -0.118. The Kier molecular flexibility index (Phi) is 3.48. The monoisotopic (exact) mass is 249 g/mol. The van der Waals surface area contributed by atoms with Gasteiger partial charge in [0.25, 0.3) is 0 Å². The number of hydrogen-bond acceptors (Lipinski definition) is 3. The molecule has 0 bridgehead atoms. The van der Waals surface area contributed by atoms with Crippen molar-refractivity contribution in [2.45, 2.75) is 25.8 Å². The second-order valence-electron chi connectivity index (χ2n) is 4.45. The number of rotatable bonds is 4. The molecule has 0 fully saturated rings. The van der Waals surface area contributed by atoms with Gasteiger partial charge in [-0.15, -0.1) is 11.6 Å². The molecule has 1 heterocycles. The third kappa shape index (κ3) is 2.50. The quantitative estimate of drug-likeness (QED) is 0.844. The molecule has 0 saturated carbocycles. The summed E-state index contributed by atoms with van der Waals surface area (Å²) in [5.41, 5.74) is 1.76. The largest absolute Gasteiger partial charge is 0.377 e. The second-order valence-corrected chi connectivity index (χ2v) is 4.72. The topological polar surface area (TPSA) is 37.8 Å². The minimum absolute atomic E-state index is 0.118. The van der Waals surface area contributed by atoms with Gasteiger partial charge in [-0.1, -0.05) is 25.1 Å². The highest BCUT2D eigenvalue weighted by Crippen LogP contribution is 2.25. The first-order valence-electron chi connectivity index (χ1n) is 5.73. The van der Waals surface area contributed by atoms with Crippen molar-refractivity contribution in [2.75, 3.05) is 11.2 Å². The lowest BCUT2D eigenvalue weighted by Crippen LogP contribution is -2.36. The van der Waals surface area contributed by atoms with E-state index in [4.69, 9.17) is 11.6 Å². The second kappa shape index (κ2) is 4.88. The van der Waals surface area contributed by atoms with E-state index in [9.17, 15) is 0 Å². The molecule has 0 aliphatic heterocycles. The molecular weight excluding hydrogens is 234 g/mol. The molecule has 0 amide bonds. The zero-order valence-electron chi connectivity index (χ0n) is 10.1. The van der Waals surface area contributed by atoms with Gasteiger partial charge >= 0.3 is 0 Å². The van der Waals surface area contributed by atoms with E-state index in [1.165, 1.54) is 0 Å². The van der Waals surface area contributed by atoms with E-state index in [0.717, 1.165) is 23.0 Å². The first-order valence-corrected chi connectivity index (χ1v) is 6.26. The molecule has 1 atom stereocenters. The van der Waals surface area contributed by atoms with E-state index < -0.39 is 0 Å². The van der Waals surface area contributed by atoms with Gasteiger partial charge in [-0.05, 0) is 19.4 Å². The Labute approximate surface area is 106 Å². The summed E-state index contributed by atoms with van der Waals surface area (Å²) >= 11 is 6.01. The van der Waals surface area contributed by atoms with E-state index in [0.29, 0.717) is 5.88 Å². The predicted octanol–water partition coefficient (Wildman–Crippen LogP) is 3.45. The SMILES string of the molecule is CCC(C)(CCl)Nc1cnnc2ccccc12. The molecule has 0 aliphatic rings. The lowest BCUT2D eigenvalue weighted by atomic mass is 10.0. The highest BCUT2D eigenvalue weighted by atomic mass is 35.5. The highest BCUT2D eigenvalue weighted by molar-refractivity contribution is 6.18. The van der Waals surface area contributed by atoms with Crippen molar-refractivity contribution in [3.05, 3.63) is 30.5 Å². The van der Waals surface area contributed by atoms with Gasteiger partial charge in [-0.2, -0.15) is 10.2 Å². The molecule has 0 aliphatic carbocycles. The van der Waals surface area contributed by atoms with Crippen molar-refractivity contribution in [1.82, 2.24) is 10.2 Å². The highest BCUT2D eigenvalue weighted by Gasteiger charge is 2.21. The first kappa shape index (κ1) is 12.1. The van der Waals surface area contributed by atoms with E-state index >= 15 is 0 Å². The Morgan fingerprint density at radius 2 is 2.12 bits per heavy atom. The van der Waals surface area contributed by atoms with Crippen LogP contribution >= 0.6 is 11.6 Å². The van der Waals surface area contributed by atoms with Crippen LogP contribution in [0.3, 0.4) is 0 Å². The van der Waals surface area contributed by atoms with Crippen LogP contribution in [0.25, 0.3) is 10.9 Å². The zero-order chi connectivity index (χ0) is 12.3. The number of alkyl halides is 1. The van der Waals surface area contributed by atoms with Crippen LogP contribution in [0.15, 0.2) is 30.5 Å². The van der Waals surface area contributed by atoms with Gasteiger partial charge in [0.15, 0.2) is 0 Å². The van der Waals surface area contributed by atoms with Crippen LogP contribution in [-0.4, -0.2) is 21.6 Å². The third-order valence-electron chi connectivity index (χ3n) is 3.06. The molecule has 1 unspecified atom stereocenters. The van der Waals surface area contributed by atoms with Crippen LogP contribution in [0, 0.1) is 0 Å². The van der Waals surface area contributed by atoms with Crippen LogP contribution in [0.4, 0.5) is 5.69 Å². The summed E-state index contributed by atoms with van der Waals surface area (Å²) in [6.07, 6.45) is 2.70. The summed E-state index contributed by atoms with van der Waals surface area (Å²) in [4.78, 5) is 0. The average molecular weight is 250 g/mol. The number of anilines is 1. The lowest BCUT2D eigenvalue weighted by Gasteiger charge is -2.28. The van der Waals surface area contributed by atoms with Gasteiger partial charge < -0.3 is 5.32 Å². The average Bonchev–Trinajstić information content (AvgIpc) is 2.39. The van der Waals surface area contributed by atoms with Crippen molar-refractivity contribution in [2.24, 2.45) is 0 Å². The van der Waals surface area contributed by atoms with Crippen LogP contribution in [-0.2, 0) is 0 Å². The van der Waals surface area contributed by atoms with Crippen molar-refractivity contribution in [3.63, 3.8) is 0 Å². The number of hydrogen-bond donors (Lipinski definition) is 1. The van der Waals surface area contributed by atoms with Crippen LogP contribution in [0.5, 0.6) is 0 Å². The smallest absolute Gasteiger partial charge is 0.0950 e. The fourth-order valence-electron chi connectivity index (χ4n) is 1.65. The van der Waals surface area contributed by atoms with E-state index in [-0.39, 0.29) is 5.54 Å². The van der Waals surface area contributed by atoms with Crippen molar-refractivity contribution >= 4 is 28.2 Å². The Hall–Kier alpha value is -1.35. The van der Waals surface area contributed by atoms with Gasteiger partial charge in [0.1, 0.15) is 0 Å². The van der Waals surface area contributed by atoms with Crippen LogP contribution in [0.2, 0.25) is 0 Å². The number of nitrogens with zero attached hydrogens (tertiary/aromatic N) is 2. The zero-order valence-corrected chi connectivity index (χ0v) is 10.8. The van der Waals surface area contributed by atoms with Crippen molar-refractivity contribution in [1.29, 1.82) is 0 Å². The van der Waals surface area contributed by atoms with Crippen molar-refractivity contribution in [3.8, 4) is 0 Å². The molecule has 90 valence electrons. The first-order chi connectivity index (χ1) is 8.18. The Bertz CT molecular complexity index is 503. The summed E-state index contributed by atoms with van der Waals surface area (Å²) in [5.74, 6) is 0.556. The molecule has 1 aromatic carbocycles. The van der Waals surface area contributed by atoms with Crippen LogP contribution in [0.1, 0.15) is 20.3 Å². The molecule has 17 heavy (non-hydrogen) atoms. The summed E-state index contributed by atoms with van der Waals surface area (Å²) in [6.45, 7) is 4.22. The molecular formula is C13H16ClN3.